The molecule has 26 heavy (non-hydrogen) atoms. The van der Waals surface area contributed by atoms with Crippen LogP contribution in [0.15, 0.2) is 46.2 Å². The topological polar surface area (TPSA) is 49.4 Å². The summed E-state index contributed by atoms with van der Waals surface area (Å²) in [7, 11) is -1.87. The Kier molecular flexibility index (Phi) is 4.23. The smallest absolute Gasteiger partial charge is 0.206 e. The lowest BCUT2D eigenvalue weighted by atomic mass is 9.91. The lowest BCUT2D eigenvalue weighted by Gasteiger charge is -2.24. The maximum Gasteiger partial charge on any atom is 0.206 e. The van der Waals surface area contributed by atoms with Gasteiger partial charge in [-0.1, -0.05) is 0 Å². The summed E-state index contributed by atoms with van der Waals surface area (Å²) in [6.45, 7) is 1.84. The van der Waals surface area contributed by atoms with Crippen molar-refractivity contribution >= 4 is 15.5 Å². The Labute approximate surface area is 151 Å². The quantitative estimate of drug-likeness (QED) is 0.816. The van der Waals surface area contributed by atoms with Gasteiger partial charge in [-0.25, -0.2) is 17.2 Å². The highest BCUT2D eigenvalue weighted by Gasteiger charge is 2.37. The third kappa shape index (κ3) is 2.70. The number of hydrogen-bond donors (Lipinski definition) is 1. The van der Waals surface area contributed by atoms with Gasteiger partial charge in [-0.2, -0.15) is 0 Å². The van der Waals surface area contributed by atoms with Crippen LogP contribution in [-0.2, 0) is 9.84 Å². The average Bonchev–Trinajstić information content (AvgIpc) is 2.79. The van der Waals surface area contributed by atoms with Crippen LogP contribution in [0.3, 0.4) is 0 Å². The zero-order chi connectivity index (χ0) is 18.5. The molecule has 0 saturated carbocycles. The van der Waals surface area contributed by atoms with E-state index in [9.17, 15) is 17.2 Å². The fraction of sp³-hybridized carbons (Fsp3) is 0.368. The number of sulfone groups is 1. The Bertz CT molecular complexity index is 962. The van der Waals surface area contributed by atoms with Crippen molar-refractivity contribution in [3.63, 3.8) is 0 Å². The van der Waals surface area contributed by atoms with Crippen LogP contribution in [0, 0.1) is 11.6 Å². The Morgan fingerprint density at radius 2 is 1.69 bits per heavy atom. The Balaban J connectivity index is 1.78. The molecule has 4 nitrogen and oxygen atoms in total. The minimum atomic E-state index is -3.91. The predicted octanol–water partition coefficient (Wildman–Crippen LogP) is 3.08. The monoisotopic (exact) mass is 378 g/mol. The molecule has 1 unspecified atom stereocenters. The first-order valence-corrected chi connectivity index (χ1v) is 10.2. The van der Waals surface area contributed by atoms with E-state index in [1.807, 2.05) is 13.1 Å². The van der Waals surface area contributed by atoms with Crippen molar-refractivity contribution in [2.75, 3.05) is 25.0 Å². The van der Waals surface area contributed by atoms with Crippen LogP contribution >= 0.6 is 0 Å². The first-order chi connectivity index (χ1) is 12.4. The first kappa shape index (κ1) is 17.4. The summed E-state index contributed by atoms with van der Waals surface area (Å²) in [5.41, 5.74) is 2.07. The van der Waals surface area contributed by atoms with Gasteiger partial charge in [0.05, 0.1) is 9.79 Å². The molecule has 2 atom stereocenters. The second-order valence-electron chi connectivity index (χ2n) is 6.91. The summed E-state index contributed by atoms with van der Waals surface area (Å²) in [6.07, 6.45) is 1.94. The van der Waals surface area contributed by atoms with Gasteiger partial charge < -0.3 is 10.2 Å². The number of nitrogens with zero attached hydrogens (tertiary/aromatic N) is 1. The standard InChI is InChI=1S/C19H20F2N2O2S/c1-23-18-5-3-12(10-15(18)14-6-8-22-9-7-19(14)23)26(24,25)13-2-4-16(20)17(21)11-13/h2-5,10-11,14,19,22H,6-9H2,1H3/t14-,19?/m1/s1. The molecule has 2 aromatic carbocycles. The molecule has 4 rings (SSSR count). The van der Waals surface area contributed by atoms with E-state index in [0.29, 0.717) is 6.04 Å². The molecule has 0 bridgehead atoms. The maximum atomic E-state index is 13.5. The lowest BCUT2D eigenvalue weighted by molar-refractivity contribution is 0.504. The van der Waals surface area contributed by atoms with Gasteiger partial charge in [-0.3, -0.25) is 0 Å². The van der Waals surface area contributed by atoms with Crippen molar-refractivity contribution in [1.82, 2.24) is 5.32 Å². The number of rotatable bonds is 2. The third-order valence-corrected chi connectivity index (χ3v) is 7.25. The van der Waals surface area contributed by atoms with Gasteiger partial charge in [0, 0.05) is 24.7 Å². The van der Waals surface area contributed by atoms with Crippen molar-refractivity contribution in [3.05, 3.63) is 53.6 Å². The lowest BCUT2D eigenvalue weighted by Crippen LogP contribution is -2.30. The summed E-state index contributed by atoms with van der Waals surface area (Å²) in [6, 6.07) is 8.11. The number of nitrogens with one attached hydrogen (secondary N) is 1. The van der Waals surface area contributed by atoms with Crippen LogP contribution in [0.4, 0.5) is 14.5 Å². The summed E-state index contributed by atoms with van der Waals surface area (Å²) in [5.74, 6) is -1.96. The highest BCUT2D eigenvalue weighted by Crippen LogP contribution is 2.44. The van der Waals surface area contributed by atoms with Crippen molar-refractivity contribution in [1.29, 1.82) is 0 Å². The summed E-state index contributed by atoms with van der Waals surface area (Å²) < 4.78 is 52.4. The molecule has 7 heteroatoms. The normalized spacial score (nSPS) is 22.7. The largest absolute Gasteiger partial charge is 0.371 e. The summed E-state index contributed by atoms with van der Waals surface area (Å²) >= 11 is 0. The fourth-order valence-electron chi connectivity index (χ4n) is 4.13. The number of halogens is 2. The zero-order valence-electron chi connectivity index (χ0n) is 14.4. The van der Waals surface area contributed by atoms with Crippen LogP contribution < -0.4 is 10.2 Å². The highest BCUT2D eigenvalue weighted by molar-refractivity contribution is 7.91. The molecule has 2 aromatic rings. The maximum absolute atomic E-state index is 13.5. The van der Waals surface area contributed by atoms with Crippen molar-refractivity contribution < 1.29 is 17.2 Å². The van der Waals surface area contributed by atoms with Gasteiger partial charge in [0.15, 0.2) is 11.6 Å². The Morgan fingerprint density at radius 1 is 1.00 bits per heavy atom. The molecular formula is C19H20F2N2O2S. The molecule has 0 amide bonds. The molecule has 0 radical (unpaired) electrons. The second kappa shape index (κ2) is 6.32. The van der Waals surface area contributed by atoms with Crippen LogP contribution in [0.1, 0.15) is 24.3 Å². The van der Waals surface area contributed by atoms with E-state index >= 15 is 0 Å². The van der Waals surface area contributed by atoms with E-state index in [-0.39, 0.29) is 15.7 Å². The van der Waals surface area contributed by atoms with E-state index in [1.165, 1.54) is 0 Å². The minimum Gasteiger partial charge on any atom is -0.371 e. The number of anilines is 1. The van der Waals surface area contributed by atoms with E-state index in [2.05, 4.69) is 10.2 Å². The number of benzene rings is 2. The average molecular weight is 378 g/mol. The van der Waals surface area contributed by atoms with Gasteiger partial charge in [0.1, 0.15) is 0 Å². The summed E-state index contributed by atoms with van der Waals surface area (Å²) in [4.78, 5) is 2.11. The van der Waals surface area contributed by atoms with Crippen LogP contribution in [-0.4, -0.2) is 34.6 Å². The number of likely N-dealkylation sites (N-methyl/N-ethyl adjacent to an activating group) is 1. The number of hydrogen-bond acceptors (Lipinski definition) is 4. The molecule has 2 heterocycles. The van der Waals surface area contributed by atoms with Gasteiger partial charge in [-0.05, 0) is 67.9 Å². The van der Waals surface area contributed by atoms with E-state index < -0.39 is 21.5 Å². The van der Waals surface area contributed by atoms with Crippen LogP contribution in [0.25, 0.3) is 0 Å². The van der Waals surface area contributed by atoms with E-state index in [0.717, 1.165) is 55.4 Å². The fourth-order valence-corrected chi connectivity index (χ4v) is 5.44. The first-order valence-electron chi connectivity index (χ1n) is 8.67. The Hall–Kier alpha value is -1.99. The molecule has 0 spiro atoms. The van der Waals surface area contributed by atoms with Gasteiger partial charge >= 0.3 is 0 Å². The molecule has 2 aliphatic rings. The molecule has 138 valence electrons. The molecule has 1 fully saturated rings. The molecule has 0 aromatic heterocycles. The third-order valence-electron chi connectivity index (χ3n) is 5.50. The number of fused-ring (bicyclic) bond motifs is 3. The van der Waals surface area contributed by atoms with Crippen molar-refractivity contribution in [2.24, 2.45) is 0 Å². The summed E-state index contributed by atoms with van der Waals surface area (Å²) in [5, 5.41) is 3.39. The van der Waals surface area contributed by atoms with Gasteiger partial charge in [-0.15, -0.1) is 0 Å². The van der Waals surface area contributed by atoms with Crippen LogP contribution in [0.2, 0.25) is 0 Å². The molecule has 1 saturated heterocycles. The van der Waals surface area contributed by atoms with Crippen molar-refractivity contribution in [3.8, 4) is 0 Å². The minimum absolute atomic E-state index is 0.119. The van der Waals surface area contributed by atoms with Crippen molar-refractivity contribution in [2.45, 2.75) is 34.6 Å². The van der Waals surface area contributed by atoms with E-state index in [4.69, 9.17) is 0 Å². The van der Waals surface area contributed by atoms with E-state index in [1.54, 1.807) is 12.1 Å². The zero-order valence-corrected chi connectivity index (χ0v) is 15.2. The highest BCUT2D eigenvalue weighted by atomic mass is 32.2. The molecule has 1 N–H and O–H groups in total. The van der Waals surface area contributed by atoms with Crippen LogP contribution in [0.5, 0.6) is 0 Å². The second-order valence-corrected chi connectivity index (χ2v) is 8.86. The molecular weight excluding hydrogens is 358 g/mol. The molecule has 2 aliphatic heterocycles. The Morgan fingerprint density at radius 3 is 2.46 bits per heavy atom. The SMILES string of the molecule is CN1c2ccc(S(=O)(=O)c3ccc(F)c(F)c3)cc2[C@H]2CCNCCC21. The van der Waals surface area contributed by atoms with Gasteiger partial charge in [0.2, 0.25) is 9.84 Å². The molecule has 0 aliphatic carbocycles. The van der Waals surface area contributed by atoms with Gasteiger partial charge in [0.25, 0.3) is 0 Å². The predicted molar refractivity (Wildman–Crippen MR) is 95.3 cm³/mol.